The number of amides is 6. The Morgan fingerprint density at radius 3 is 1.35 bits per heavy atom. The molecule has 3 aromatic rings. The maximum atomic E-state index is 11.7. The van der Waals surface area contributed by atoms with E-state index in [1.54, 1.807) is 69.3 Å². The Labute approximate surface area is 413 Å². The van der Waals surface area contributed by atoms with Gasteiger partial charge in [-0.05, 0) is 114 Å². The topological polar surface area (TPSA) is 361 Å². The van der Waals surface area contributed by atoms with Gasteiger partial charge >= 0.3 is 26.0 Å². The van der Waals surface area contributed by atoms with Crippen molar-refractivity contribution in [1.29, 1.82) is 0 Å². The van der Waals surface area contributed by atoms with Crippen molar-refractivity contribution in [1.82, 2.24) is 26.3 Å². The number of hydrogen-bond donors (Lipinski definition) is 9. The van der Waals surface area contributed by atoms with Gasteiger partial charge in [-0.2, -0.15) is 0 Å². The average molecular weight is 1020 g/mol. The number of carbonyl (C=O) groups is 7. The van der Waals surface area contributed by atoms with Crippen LogP contribution in [-0.4, -0.2) is 112 Å². The lowest BCUT2D eigenvalue weighted by atomic mass is 10.1. The molecule has 0 aliphatic carbocycles. The highest BCUT2D eigenvalue weighted by atomic mass is 31.2. The van der Waals surface area contributed by atoms with Crippen molar-refractivity contribution in [2.45, 2.75) is 104 Å². The van der Waals surface area contributed by atoms with Gasteiger partial charge in [0.05, 0.1) is 6.42 Å². The number of phosphoric acid groups is 1. The highest BCUT2D eigenvalue weighted by molar-refractivity contribution is 7.45. The monoisotopic (exact) mass is 1020 g/mol. The number of benzene rings is 3. The second kappa shape index (κ2) is 32.2. The van der Waals surface area contributed by atoms with Crippen LogP contribution in [0, 0.1) is 0 Å². The van der Waals surface area contributed by atoms with Gasteiger partial charge in [-0.3, -0.25) is 23.7 Å². The highest BCUT2D eigenvalue weighted by Crippen LogP contribution is 2.33. The number of carbonyl (C=O) groups excluding carboxylic acids is 7. The molecule has 3 aromatic carbocycles. The van der Waals surface area contributed by atoms with E-state index in [1.807, 2.05) is 20.8 Å². The summed E-state index contributed by atoms with van der Waals surface area (Å²) in [6.45, 7) is 13.2. The van der Waals surface area contributed by atoms with E-state index in [-0.39, 0.29) is 48.3 Å². The molecule has 0 saturated carbocycles. The highest BCUT2D eigenvalue weighted by Gasteiger charge is 2.32. The Morgan fingerprint density at radius 2 is 0.958 bits per heavy atom. The number of ether oxygens (including phenoxy) is 2. The minimum Gasteiger partial charge on any atom is -0.746 e. The van der Waals surface area contributed by atoms with Gasteiger partial charge in [-0.25, -0.2) is 14.4 Å². The van der Waals surface area contributed by atoms with Crippen molar-refractivity contribution in [2.75, 3.05) is 39.3 Å². The first-order chi connectivity index (χ1) is 33.2. The SMILES string of the molecule is CC(C)(C)OC(=O)NCCN.CC(C)(C)OC(=O)NCCNC(=O)CCc1ccc(O)cc1.NCCNC(=O)CCc1ccc(OP(=O)([O-])O)cc1.O=C(CCc1ccc(O)cc1)ON1C(=O)CCC1=O. The zero-order valence-electron chi connectivity index (χ0n) is 41.0. The quantitative estimate of drug-likeness (QED) is 0.0473. The number of hydroxylamine groups is 2. The number of phenols is 2. The molecule has 1 atom stereocenters. The molecular formula is C47H69N7O16P-. The molecule has 0 radical (unpaired) electrons. The Bertz CT molecular complexity index is 2160. The summed E-state index contributed by atoms with van der Waals surface area (Å²) in [5, 5.41) is 29.3. The minimum atomic E-state index is -4.77. The number of hydrogen-bond acceptors (Lipinski definition) is 17. The second-order valence-corrected chi connectivity index (χ2v) is 18.3. The summed E-state index contributed by atoms with van der Waals surface area (Å²) in [5.74, 6) is -1.38. The zero-order chi connectivity index (χ0) is 53.6. The largest absolute Gasteiger partial charge is 0.746 e. The van der Waals surface area contributed by atoms with Crippen molar-refractivity contribution < 1.29 is 77.0 Å². The smallest absolute Gasteiger partial charge is 0.407 e. The summed E-state index contributed by atoms with van der Waals surface area (Å²) < 4.78 is 24.8. The molecule has 1 unspecified atom stereocenters. The fraction of sp³-hybridized carbons (Fsp3) is 0.468. The molecule has 24 heteroatoms. The molecule has 23 nitrogen and oxygen atoms in total. The Morgan fingerprint density at radius 1 is 0.606 bits per heavy atom. The van der Waals surface area contributed by atoms with E-state index in [9.17, 15) is 43.0 Å². The van der Waals surface area contributed by atoms with E-state index in [4.69, 9.17) is 40.9 Å². The third-order valence-corrected chi connectivity index (χ3v) is 8.95. The van der Waals surface area contributed by atoms with Gasteiger partial charge in [0.1, 0.15) is 28.5 Å². The van der Waals surface area contributed by atoms with Crippen LogP contribution >= 0.6 is 7.82 Å². The van der Waals surface area contributed by atoms with E-state index in [2.05, 4.69) is 25.8 Å². The fourth-order valence-electron chi connectivity index (χ4n) is 5.30. The molecule has 394 valence electrons. The third-order valence-electron chi connectivity index (χ3n) is 8.51. The van der Waals surface area contributed by atoms with Crippen molar-refractivity contribution >= 4 is 49.6 Å². The summed E-state index contributed by atoms with van der Waals surface area (Å²) >= 11 is 0. The summed E-state index contributed by atoms with van der Waals surface area (Å²) in [6, 6.07) is 19.3. The molecule has 1 aliphatic heterocycles. The lowest BCUT2D eigenvalue weighted by Crippen LogP contribution is -2.37. The van der Waals surface area contributed by atoms with Crippen LogP contribution in [0.15, 0.2) is 72.8 Å². The summed E-state index contributed by atoms with van der Waals surface area (Å²) in [5.41, 5.74) is 12.2. The van der Waals surface area contributed by atoms with Crippen LogP contribution < -0.4 is 42.2 Å². The number of phenolic OH excluding ortho intramolecular Hbond substituents is 2. The van der Waals surface area contributed by atoms with Gasteiger partial charge in [0, 0.05) is 65.0 Å². The molecule has 4 rings (SSSR count). The number of nitrogens with two attached hydrogens (primary N) is 2. The molecular weight excluding hydrogens is 950 g/mol. The van der Waals surface area contributed by atoms with Gasteiger partial charge in [0.2, 0.25) is 11.8 Å². The van der Waals surface area contributed by atoms with Crippen LogP contribution in [0.2, 0.25) is 0 Å². The molecule has 0 aromatic heterocycles. The number of nitrogens with one attached hydrogen (secondary N) is 4. The van der Waals surface area contributed by atoms with Gasteiger partial charge in [0.15, 0.2) is 0 Å². The number of aryl methyl sites for hydroxylation is 3. The Hall–Kier alpha value is -6.78. The van der Waals surface area contributed by atoms with Crippen molar-refractivity contribution in [3.8, 4) is 17.2 Å². The van der Waals surface area contributed by atoms with Crippen LogP contribution in [0.25, 0.3) is 0 Å². The van der Waals surface area contributed by atoms with E-state index >= 15 is 0 Å². The lowest BCUT2D eigenvalue weighted by Gasteiger charge is -2.19. The maximum Gasteiger partial charge on any atom is 0.407 e. The lowest BCUT2D eigenvalue weighted by molar-refractivity contribution is -0.211. The average Bonchev–Trinajstić information content (AvgIpc) is 3.59. The first-order valence-corrected chi connectivity index (χ1v) is 24.0. The first-order valence-electron chi connectivity index (χ1n) is 22.5. The van der Waals surface area contributed by atoms with Crippen LogP contribution in [0.3, 0.4) is 0 Å². The molecule has 0 bridgehead atoms. The van der Waals surface area contributed by atoms with E-state index in [1.165, 1.54) is 24.3 Å². The minimum absolute atomic E-state index is 0.0252. The number of phosphoric ester groups is 1. The molecule has 6 amide bonds. The summed E-state index contributed by atoms with van der Waals surface area (Å²) in [6.07, 6.45) is 1.54. The standard InChI is InChI=1S/C16H24N2O4.C13H13NO5.C11H17N2O5P.C7H16N2O2/c1-16(2,3)22-15(21)18-11-10-17-14(20)9-6-12-4-7-13(19)8-5-12;15-10-4-1-9(2-5-10)3-8-13(18)19-14-11(16)6-7-12(14)17;12-7-8-13-11(14)6-3-9-1-4-10(5-2-9)18-19(15,16)17;1-7(2,3)11-6(10)9-5-4-8/h4-5,7-8,19H,6,9-11H2,1-3H3,(H,17,20)(H,18,21);1-2,4-5,15H,3,6-8H2;1-2,4-5H,3,6-8,12H2,(H,13,14)(H2,15,16,17);4-5,8H2,1-3H3,(H,9,10)/p-1. The summed E-state index contributed by atoms with van der Waals surface area (Å²) in [7, 11) is -4.77. The predicted octanol–water partition coefficient (Wildman–Crippen LogP) is 2.90. The number of alkyl carbamates (subject to hydrolysis) is 2. The molecule has 71 heavy (non-hydrogen) atoms. The van der Waals surface area contributed by atoms with E-state index < -0.39 is 49.0 Å². The second-order valence-electron chi connectivity index (χ2n) is 17.2. The van der Waals surface area contributed by atoms with Crippen molar-refractivity contribution in [3.63, 3.8) is 0 Å². The Kier molecular flexibility index (Phi) is 28.2. The molecule has 11 N–H and O–H groups in total. The van der Waals surface area contributed by atoms with Crippen LogP contribution in [-0.2, 0) is 62.1 Å². The predicted molar refractivity (Wildman–Crippen MR) is 258 cm³/mol. The maximum absolute atomic E-state index is 11.7. The molecule has 0 spiro atoms. The van der Waals surface area contributed by atoms with Crippen molar-refractivity contribution in [2.24, 2.45) is 11.5 Å². The van der Waals surface area contributed by atoms with E-state index in [0.29, 0.717) is 76.4 Å². The molecule has 1 saturated heterocycles. The van der Waals surface area contributed by atoms with Crippen LogP contribution in [0.5, 0.6) is 17.2 Å². The van der Waals surface area contributed by atoms with Crippen LogP contribution in [0.4, 0.5) is 9.59 Å². The molecule has 1 aliphatic rings. The molecule has 1 fully saturated rings. The first kappa shape index (κ1) is 62.2. The summed E-state index contributed by atoms with van der Waals surface area (Å²) in [4.78, 5) is 103. The fourth-order valence-corrected chi connectivity index (χ4v) is 5.69. The van der Waals surface area contributed by atoms with Crippen molar-refractivity contribution in [3.05, 3.63) is 89.5 Å². The van der Waals surface area contributed by atoms with Gasteiger partial charge < -0.3 is 71.6 Å². The number of imide groups is 1. The van der Waals surface area contributed by atoms with Crippen LogP contribution in [0.1, 0.15) is 90.3 Å². The van der Waals surface area contributed by atoms with E-state index in [0.717, 1.165) is 16.7 Å². The number of nitrogens with zero attached hydrogens (tertiary/aromatic N) is 1. The number of aromatic hydroxyl groups is 2. The zero-order valence-corrected chi connectivity index (χ0v) is 41.9. The van der Waals surface area contributed by atoms with Gasteiger partial charge in [-0.1, -0.05) is 36.4 Å². The molecule has 1 heterocycles. The Balaban J connectivity index is 0.000000485. The third kappa shape index (κ3) is 32.6. The normalized spacial score (nSPS) is 12.7. The van der Waals surface area contributed by atoms with Gasteiger partial charge in [-0.15, -0.1) is 5.06 Å². The number of rotatable bonds is 19. The van der Waals surface area contributed by atoms with Gasteiger partial charge in [0.25, 0.3) is 11.8 Å².